The van der Waals surface area contributed by atoms with Gasteiger partial charge in [-0.3, -0.25) is 9.59 Å². The van der Waals surface area contributed by atoms with Crippen molar-refractivity contribution in [3.63, 3.8) is 0 Å². The fourth-order valence-electron chi connectivity index (χ4n) is 1.33. The number of rotatable bonds is 7. The van der Waals surface area contributed by atoms with Gasteiger partial charge >= 0.3 is 5.97 Å². The molecule has 0 radical (unpaired) electrons. The van der Waals surface area contributed by atoms with E-state index in [1.165, 1.54) is 0 Å². The quantitative estimate of drug-likeness (QED) is 0.703. The number of carbonyl (C=O) groups is 2. The summed E-state index contributed by atoms with van der Waals surface area (Å²) >= 11 is 0. The minimum Gasteiger partial charge on any atom is -0.481 e. The lowest BCUT2D eigenvalue weighted by Gasteiger charge is -2.22. The van der Waals surface area contributed by atoms with Crippen molar-refractivity contribution < 1.29 is 14.7 Å². The van der Waals surface area contributed by atoms with E-state index in [-0.39, 0.29) is 17.9 Å². The van der Waals surface area contributed by atoms with E-state index in [0.29, 0.717) is 25.9 Å². The summed E-state index contributed by atoms with van der Waals surface area (Å²) in [7, 11) is 1.71. The van der Waals surface area contributed by atoms with Crippen LogP contribution in [0.25, 0.3) is 0 Å². The molecule has 1 amide bonds. The smallest absolute Gasteiger partial charge is 0.303 e. The largest absolute Gasteiger partial charge is 0.481 e. The Hall–Kier alpha value is -1.10. The van der Waals surface area contributed by atoms with E-state index in [9.17, 15) is 9.59 Å². The van der Waals surface area contributed by atoms with Crippen molar-refractivity contribution in [3.8, 4) is 0 Å². The van der Waals surface area contributed by atoms with Crippen LogP contribution in [0, 0.1) is 0 Å². The predicted octanol–water partition coefficient (Wildman–Crippen LogP) is 1.09. The number of nitrogens with one attached hydrogen (secondary N) is 1. The van der Waals surface area contributed by atoms with Gasteiger partial charge in [-0.05, 0) is 27.2 Å². The van der Waals surface area contributed by atoms with E-state index in [4.69, 9.17) is 5.11 Å². The Bertz CT molecular complexity index is 259. The van der Waals surface area contributed by atoms with Gasteiger partial charge < -0.3 is 15.3 Å². The van der Waals surface area contributed by atoms with E-state index in [1.807, 2.05) is 20.8 Å². The summed E-state index contributed by atoms with van der Waals surface area (Å²) in [6.45, 7) is 7.29. The average molecular weight is 244 g/mol. The van der Waals surface area contributed by atoms with Gasteiger partial charge in [-0.2, -0.15) is 0 Å². The Kier molecular flexibility index (Phi) is 6.80. The molecule has 100 valence electrons. The molecule has 0 aromatic carbocycles. The summed E-state index contributed by atoms with van der Waals surface area (Å²) in [5, 5.41) is 11.7. The summed E-state index contributed by atoms with van der Waals surface area (Å²) < 4.78 is 0. The van der Waals surface area contributed by atoms with Crippen molar-refractivity contribution in [1.82, 2.24) is 10.2 Å². The minimum absolute atomic E-state index is 0.0160. The van der Waals surface area contributed by atoms with Gasteiger partial charge in [-0.25, -0.2) is 0 Å². The van der Waals surface area contributed by atoms with Crippen LogP contribution in [0.5, 0.6) is 0 Å². The van der Waals surface area contributed by atoms with Crippen LogP contribution in [-0.4, -0.2) is 47.6 Å². The van der Waals surface area contributed by atoms with Crippen LogP contribution in [0.3, 0.4) is 0 Å². The summed E-state index contributed by atoms with van der Waals surface area (Å²) in [4.78, 5) is 23.6. The number of carboxylic acid groups (broad SMARTS) is 1. The molecule has 0 aliphatic carbocycles. The van der Waals surface area contributed by atoms with Crippen molar-refractivity contribution in [2.45, 2.75) is 45.6 Å². The topological polar surface area (TPSA) is 69.6 Å². The lowest BCUT2D eigenvalue weighted by molar-refractivity contribution is -0.138. The van der Waals surface area contributed by atoms with Crippen molar-refractivity contribution in [1.29, 1.82) is 0 Å². The monoisotopic (exact) mass is 244 g/mol. The number of nitrogens with zero attached hydrogens (tertiary/aromatic N) is 1. The summed E-state index contributed by atoms with van der Waals surface area (Å²) in [5.41, 5.74) is 0.0160. The number of carboxylic acids is 1. The Balaban J connectivity index is 3.71. The highest BCUT2D eigenvalue weighted by molar-refractivity contribution is 5.76. The number of carbonyl (C=O) groups excluding carboxylic acids is 1. The minimum atomic E-state index is -0.819. The lowest BCUT2D eigenvalue weighted by Crippen LogP contribution is -2.39. The third-order valence-corrected chi connectivity index (χ3v) is 2.30. The van der Waals surface area contributed by atoms with Crippen molar-refractivity contribution in [2.24, 2.45) is 0 Å². The lowest BCUT2D eigenvalue weighted by atomic mass is 10.1. The van der Waals surface area contributed by atoms with Gasteiger partial charge in [0.2, 0.25) is 5.91 Å². The van der Waals surface area contributed by atoms with Crippen molar-refractivity contribution in [2.75, 3.05) is 20.1 Å². The first-order valence-electron chi connectivity index (χ1n) is 5.93. The third kappa shape index (κ3) is 9.81. The fourth-order valence-corrected chi connectivity index (χ4v) is 1.33. The van der Waals surface area contributed by atoms with Crippen LogP contribution in [0.4, 0.5) is 0 Å². The van der Waals surface area contributed by atoms with Crippen LogP contribution >= 0.6 is 0 Å². The maximum atomic E-state index is 11.6. The molecule has 0 spiro atoms. The maximum absolute atomic E-state index is 11.6. The van der Waals surface area contributed by atoms with E-state index in [2.05, 4.69) is 5.32 Å². The second kappa shape index (κ2) is 7.27. The molecular weight excluding hydrogens is 220 g/mol. The Morgan fingerprint density at radius 3 is 2.29 bits per heavy atom. The van der Waals surface area contributed by atoms with E-state index in [1.54, 1.807) is 11.9 Å². The molecule has 0 unspecified atom stereocenters. The van der Waals surface area contributed by atoms with Crippen molar-refractivity contribution in [3.05, 3.63) is 0 Å². The Morgan fingerprint density at radius 2 is 1.82 bits per heavy atom. The molecule has 0 saturated heterocycles. The molecule has 0 aliphatic heterocycles. The second-order valence-corrected chi connectivity index (χ2v) is 5.24. The highest BCUT2D eigenvalue weighted by atomic mass is 16.4. The third-order valence-electron chi connectivity index (χ3n) is 2.30. The molecule has 17 heavy (non-hydrogen) atoms. The molecule has 5 nitrogen and oxygen atoms in total. The zero-order valence-electron chi connectivity index (χ0n) is 11.2. The zero-order chi connectivity index (χ0) is 13.5. The van der Waals surface area contributed by atoms with Crippen molar-refractivity contribution >= 4 is 11.9 Å². The molecule has 0 saturated carbocycles. The molecule has 0 bridgehead atoms. The Labute approximate surface area is 103 Å². The molecule has 0 aromatic rings. The van der Waals surface area contributed by atoms with E-state index < -0.39 is 5.97 Å². The van der Waals surface area contributed by atoms with Gasteiger partial charge in [0.05, 0.1) is 0 Å². The van der Waals surface area contributed by atoms with Gasteiger partial charge in [0.1, 0.15) is 0 Å². The number of hydrogen-bond acceptors (Lipinski definition) is 3. The number of amides is 1. The molecule has 0 aromatic heterocycles. The summed E-state index contributed by atoms with van der Waals surface area (Å²) in [5.74, 6) is -0.771. The SMILES string of the molecule is CN(CCCC(=O)O)C(=O)CCNC(C)(C)C. The molecule has 0 aliphatic rings. The molecule has 0 atom stereocenters. The molecule has 2 N–H and O–H groups in total. The average Bonchev–Trinajstić information content (AvgIpc) is 2.14. The molecule has 0 fully saturated rings. The fraction of sp³-hybridized carbons (Fsp3) is 0.833. The van der Waals surface area contributed by atoms with Crippen LogP contribution in [0.15, 0.2) is 0 Å². The van der Waals surface area contributed by atoms with Crippen LogP contribution < -0.4 is 5.32 Å². The summed E-state index contributed by atoms with van der Waals surface area (Å²) in [6, 6.07) is 0. The summed E-state index contributed by atoms with van der Waals surface area (Å²) in [6.07, 6.45) is 1.06. The van der Waals surface area contributed by atoms with Gasteiger partial charge in [-0.15, -0.1) is 0 Å². The van der Waals surface area contributed by atoms with E-state index >= 15 is 0 Å². The molecule has 0 heterocycles. The van der Waals surface area contributed by atoms with Gasteiger partial charge in [0.15, 0.2) is 0 Å². The van der Waals surface area contributed by atoms with E-state index in [0.717, 1.165) is 0 Å². The molecule has 0 rings (SSSR count). The predicted molar refractivity (Wildman–Crippen MR) is 66.9 cm³/mol. The number of hydrogen-bond donors (Lipinski definition) is 2. The van der Waals surface area contributed by atoms with Gasteiger partial charge in [-0.1, -0.05) is 0 Å². The van der Waals surface area contributed by atoms with Crippen LogP contribution in [0.1, 0.15) is 40.0 Å². The van der Waals surface area contributed by atoms with Crippen LogP contribution in [0.2, 0.25) is 0 Å². The first-order valence-corrected chi connectivity index (χ1v) is 5.93. The molecular formula is C12H24N2O3. The first kappa shape index (κ1) is 15.9. The van der Waals surface area contributed by atoms with Gasteiger partial charge in [0, 0.05) is 38.5 Å². The van der Waals surface area contributed by atoms with Crippen LogP contribution in [-0.2, 0) is 9.59 Å². The standard InChI is InChI=1S/C12H24N2O3/c1-12(2,3)13-8-7-10(15)14(4)9-5-6-11(16)17/h13H,5-9H2,1-4H3,(H,16,17). The second-order valence-electron chi connectivity index (χ2n) is 5.24. The highest BCUT2D eigenvalue weighted by Crippen LogP contribution is 2.00. The number of aliphatic carboxylic acids is 1. The normalized spacial score (nSPS) is 11.3. The Morgan fingerprint density at radius 1 is 1.24 bits per heavy atom. The first-order chi connectivity index (χ1) is 7.72. The maximum Gasteiger partial charge on any atom is 0.303 e. The van der Waals surface area contributed by atoms with Gasteiger partial charge in [0.25, 0.3) is 0 Å². The highest BCUT2D eigenvalue weighted by Gasteiger charge is 2.12. The molecule has 5 heteroatoms. The zero-order valence-corrected chi connectivity index (χ0v) is 11.2.